The fourth-order valence-corrected chi connectivity index (χ4v) is 2.87. The summed E-state index contributed by atoms with van der Waals surface area (Å²) in [6.45, 7) is 3.53. The summed E-state index contributed by atoms with van der Waals surface area (Å²) in [5, 5.41) is 10.5. The summed E-state index contributed by atoms with van der Waals surface area (Å²) in [6.07, 6.45) is 2.91. The number of nitrogens with one attached hydrogen (secondary N) is 4. The third-order valence-electron chi connectivity index (χ3n) is 4.14. The first-order chi connectivity index (χ1) is 13.3. The van der Waals surface area contributed by atoms with Gasteiger partial charge in [0.25, 0.3) is 0 Å². The van der Waals surface area contributed by atoms with Gasteiger partial charge in [-0.1, -0.05) is 36.4 Å². The second kappa shape index (κ2) is 9.43. The van der Waals surface area contributed by atoms with Gasteiger partial charge in [0, 0.05) is 35.9 Å². The lowest BCUT2D eigenvalue weighted by Gasteiger charge is -2.11. The van der Waals surface area contributed by atoms with Crippen LogP contribution in [0.25, 0.3) is 10.9 Å². The van der Waals surface area contributed by atoms with E-state index >= 15 is 0 Å². The zero-order chi connectivity index (χ0) is 18.9. The number of hydrogen-bond acceptors (Lipinski definition) is 2. The molecule has 0 saturated carbocycles. The highest BCUT2D eigenvalue weighted by molar-refractivity contribution is 5.94. The maximum atomic E-state index is 12.1. The van der Waals surface area contributed by atoms with Crippen molar-refractivity contribution in [3.05, 3.63) is 66.4 Å². The molecule has 0 unspecified atom stereocenters. The first kappa shape index (κ1) is 18.5. The van der Waals surface area contributed by atoms with Gasteiger partial charge in [-0.05, 0) is 37.1 Å². The maximum absolute atomic E-state index is 12.1. The number of H-pyrrole nitrogens is 1. The number of aromatic amines is 1. The largest absolute Gasteiger partial charge is 0.361 e. The van der Waals surface area contributed by atoms with E-state index in [-0.39, 0.29) is 12.5 Å². The van der Waals surface area contributed by atoms with E-state index in [4.69, 9.17) is 0 Å². The number of nitrogens with zero attached hydrogens (tertiary/aromatic N) is 1. The number of anilines is 1. The van der Waals surface area contributed by atoms with Crippen LogP contribution in [0, 0.1) is 0 Å². The van der Waals surface area contributed by atoms with Gasteiger partial charge >= 0.3 is 0 Å². The van der Waals surface area contributed by atoms with Crippen molar-refractivity contribution < 1.29 is 4.79 Å². The number of amides is 1. The van der Waals surface area contributed by atoms with E-state index in [0.29, 0.717) is 5.96 Å². The average Bonchev–Trinajstić information content (AvgIpc) is 3.10. The van der Waals surface area contributed by atoms with Crippen molar-refractivity contribution in [1.82, 2.24) is 15.6 Å². The number of rotatable bonds is 7. The predicted molar refractivity (Wildman–Crippen MR) is 111 cm³/mol. The Morgan fingerprint density at radius 1 is 1.04 bits per heavy atom. The summed E-state index contributed by atoms with van der Waals surface area (Å²) >= 11 is 0. The van der Waals surface area contributed by atoms with Crippen molar-refractivity contribution in [3.8, 4) is 0 Å². The van der Waals surface area contributed by atoms with Crippen LogP contribution in [0.3, 0.4) is 0 Å². The second-order valence-corrected chi connectivity index (χ2v) is 6.15. The molecule has 3 rings (SSSR count). The minimum absolute atomic E-state index is 0.0668. The zero-order valence-electron chi connectivity index (χ0n) is 15.5. The molecule has 140 valence electrons. The van der Waals surface area contributed by atoms with E-state index < -0.39 is 0 Å². The maximum Gasteiger partial charge on any atom is 0.246 e. The molecule has 1 aromatic heterocycles. The molecule has 0 fully saturated rings. The fourth-order valence-electron chi connectivity index (χ4n) is 2.87. The number of aliphatic imine (C=N–C) groups is 1. The Balaban J connectivity index is 1.52. The zero-order valence-corrected chi connectivity index (χ0v) is 15.5. The molecule has 2 aromatic carbocycles. The first-order valence-corrected chi connectivity index (χ1v) is 9.18. The average molecular weight is 363 g/mol. The van der Waals surface area contributed by atoms with Crippen LogP contribution in [0.4, 0.5) is 5.69 Å². The SMILES string of the molecule is CCNC(=NCC(=O)Nc1ccccc1)NCCc1c[nH]c2ccccc12. The molecule has 1 amide bonds. The number of carbonyl (C=O) groups excluding carboxylic acids is 1. The van der Waals surface area contributed by atoms with Gasteiger partial charge in [0.15, 0.2) is 5.96 Å². The fraction of sp³-hybridized carbons (Fsp3) is 0.238. The molecule has 3 aromatic rings. The van der Waals surface area contributed by atoms with E-state index in [1.165, 1.54) is 10.9 Å². The minimum Gasteiger partial charge on any atom is -0.361 e. The second-order valence-electron chi connectivity index (χ2n) is 6.15. The molecule has 27 heavy (non-hydrogen) atoms. The van der Waals surface area contributed by atoms with Crippen LogP contribution in [-0.2, 0) is 11.2 Å². The van der Waals surface area contributed by atoms with Crippen LogP contribution in [-0.4, -0.2) is 36.5 Å². The molecule has 6 heteroatoms. The standard InChI is InChI=1S/C21H25N5O/c1-2-22-21(25-15-20(27)26-17-8-4-3-5-9-17)23-13-12-16-14-24-19-11-7-6-10-18(16)19/h3-11,14,24H,2,12-13,15H2,1H3,(H,26,27)(H2,22,23,25). The normalized spacial score (nSPS) is 11.4. The smallest absolute Gasteiger partial charge is 0.246 e. The van der Waals surface area contributed by atoms with E-state index in [1.807, 2.05) is 55.6 Å². The van der Waals surface area contributed by atoms with E-state index in [2.05, 4.69) is 38.1 Å². The third-order valence-corrected chi connectivity index (χ3v) is 4.14. The molecule has 6 nitrogen and oxygen atoms in total. The van der Waals surface area contributed by atoms with Gasteiger partial charge < -0.3 is 20.9 Å². The van der Waals surface area contributed by atoms with Gasteiger partial charge in [-0.15, -0.1) is 0 Å². The van der Waals surface area contributed by atoms with Crippen molar-refractivity contribution in [1.29, 1.82) is 0 Å². The Morgan fingerprint density at radius 3 is 2.63 bits per heavy atom. The van der Waals surface area contributed by atoms with Crippen molar-refractivity contribution in [3.63, 3.8) is 0 Å². The lowest BCUT2D eigenvalue weighted by atomic mass is 10.1. The van der Waals surface area contributed by atoms with Gasteiger partial charge in [-0.2, -0.15) is 0 Å². The summed E-state index contributed by atoms with van der Waals surface area (Å²) in [4.78, 5) is 19.7. The molecule has 0 aliphatic heterocycles. The number of fused-ring (bicyclic) bond motifs is 1. The summed E-state index contributed by atoms with van der Waals surface area (Å²) < 4.78 is 0. The molecule has 1 heterocycles. The molecule has 0 saturated heterocycles. The molecular weight excluding hydrogens is 338 g/mol. The van der Waals surface area contributed by atoms with Gasteiger partial charge in [0.1, 0.15) is 6.54 Å². The molecule has 4 N–H and O–H groups in total. The number of carbonyl (C=O) groups is 1. The highest BCUT2D eigenvalue weighted by Crippen LogP contribution is 2.17. The topological polar surface area (TPSA) is 81.3 Å². The molecule has 0 spiro atoms. The molecule has 0 aliphatic carbocycles. The van der Waals surface area contributed by atoms with E-state index in [9.17, 15) is 4.79 Å². The lowest BCUT2D eigenvalue weighted by Crippen LogP contribution is -2.39. The molecule has 0 atom stereocenters. The van der Waals surface area contributed by atoms with Crippen LogP contribution in [0.15, 0.2) is 65.8 Å². The number of hydrogen-bond donors (Lipinski definition) is 4. The van der Waals surface area contributed by atoms with E-state index in [0.717, 1.165) is 30.7 Å². The Bertz CT molecular complexity index is 901. The van der Waals surface area contributed by atoms with Gasteiger partial charge in [-0.3, -0.25) is 4.79 Å². The molecule has 0 radical (unpaired) electrons. The van der Waals surface area contributed by atoms with Crippen LogP contribution in [0.1, 0.15) is 12.5 Å². The quantitative estimate of drug-likeness (QED) is 0.385. The summed E-state index contributed by atoms with van der Waals surface area (Å²) in [5.41, 5.74) is 3.18. The van der Waals surface area contributed by atoms with Crippen LogP contribution in [0.2, 0.25) is 0 Å². The summed E-state index contributed by atoms with van der Waals surface area (Å²) in [5.74, 6) is 0.496. The molecular formula is C21H25N5O. The van der Waals surface area contributed by atoms with Crippen molar-refractivity contribution in [2.75, 3.05) is 25.0 Å². The highest BCUT2D eigenvalue weighted by atomic mass is 16.1. The highest BCUT2D eigenvalue weighted by Gasteiger charge is 2.05. The monoisotopic (exact) mass is 363 g/mol. The number of para-hydroxylation sites is 2. The number of guanidine groups is 1. The van der Waals surface area contributed by atoms with E-state index in [1.54, 1.807) is 0 Å². The number of aromatic nitrogens is 1. The lowest BCUT2D eigenvalue weighted by molar-refractivity contribution is -0.114. The van der Waals surface area contributed by atoms with Crippen molar-refractivity contribution in [2.45, 2.75) is 13.3 Å². The van der Waals surface area contributed by atoms with Crippen LogP contribution < -0.4 is 16.0 Å². The van der Waals surface area contributed by atoms with Crippen LogP contribution in [0.5, 0.6) is 0 Å². The first-order valence-electron chi connectivity index (χ1n) is 9.18. The minimum atomic E-state index is -0.143. The van der Waals surface area contributed by atoms with Gasteiger partial charge in [-0.25, -0.2) is 4.99 Å². The Labute approximate surface area is 159 Å². The Morgan fingerprint density at radius 2 is 1.81 bits per heavy atom. The Hall–Kier alpha value is -3.28. The molecule has 0 bridgehead atoms. The summed E-state index contributed by atoms with van der Waals surface area (Å²) in [6, 6.07) is 17.6. The Kier molecular flexibility index (Phi) is 6.46. The predicted octanol–water partition coefficient (Wildman–Crippen LogP) is 2.90. The molecule has 0 aliphatic rings. The van der Waals surface area contributed by atoms with Crippen molar-refractivity contribution in [2.24, 2.45) is 4.99 Å². The van der Waals surface area contributed by atoms with Crippen LogP contribution >= 0.6 is 0 Å². The third kappa shape index (κ3) is 5.34. The van der Waals surface area contributed by atoms with Gasteiger partial charge in [0.2, 0.25) is 5.91 Å². The van der Waals surface area contributed by atoms with Gasteiger partial charge in [0.05, 0.1) is 0 Å². The number of benzene rings is 2. The van der Waals surface area contributed by atoms with Crippen molar-refractivity contribution >= 4 is 28.5 Å². The summed E-state index contributed by atoms with van der Waals surface area (Å²) in [7, 11) is 0.